The second-order valence-electron chi connectivity index (χ2n) is 5.57. The highest BCUT2D eigenvalue weighted by Gasteiger charge is 2.18. The molecule has 0 spiro atoms. The van der Waals surface area contributed by atoms with E-state index in [0.29, 0.717) is 6.04 Å². The minimum atomic E-state index is -0.124. The van der Waals surface area contributed by atoms with Gasteiger partial charge in [0.1, 0.15) is 0 Å². The second kappa shape index (κ2) is 7.60. The van der Waals surface area contributed by atoms with Crippen molar-refractivity contribution in [2.24, 2.45) is 0 Å². The Labute approximate surface area is 122 Å². The summed E-state index contributed by atoms with van der Waals surface area (Å²) in [6.45, 7) is 7.25. The molecule has 2 N–H and O–H groups in total. The molecule has 0 radical (unpaired) electrons. The summed E-state index contributed by atoms with van der Waals surface area (Å²) < 4.78 is 0. The lowest BCUT2D eigenvalue weighted by Gasteiger charge is -2.31. The molecule has 0 aromatic carbocycles. The molecule has 1 aliphatic rings. The monoisotopic (exact) mass is 277 g/mol. The SMILES string of the molecule is CCCNC(CC)c1ccc(N2CCC(O)CC2)cn1. The highest BCUT2D eigenvalue weighted by atomic mass is 16.3. The van der Waals surface area contributed by atoms with E-state index < -0.39 is 0 Å². The number of aliphatic hydroxyl groups excluding tert-OH is 1. The molecule has 1 aromatic rings. The fourth-order valence-electron chi connectivity index (χ4n) is 2.69. The highest BCUT2D eigenvalue weighted by molar-refractivity contribution is 5.45. The molecule has 1 atom stereocenters. The van der Waals surface area contributed by atoms with Gasteiger partial charge in [-0.3, -0.25) is 4.98 Å². The Kier molecular flexibility index (Phi) is 5.80. The average molecular weight is 277 g/mol. The van der Waals surface area contributed by atoms with Crippen LogP contribution in [-0.2, 0) is 0 Å². The molecule has 112 valence electrons. The highest BCUT2D eigenvalue weighted by Crippen LogP contribution is 2.21. The summed E-state index contributed by atoms with van der Waals surface area (Å²) >= 11 is 0. The number of rotatable bonds is 6. The summed E-state index contributed by atoms with van der Waals surface area (Å²) in [5, 5.41) is 13.1. The molecule has 0 amide bonds. The molecule has 4 heteroatoms. The van der Waals surface area contributed by atoms with Crippen LogP contribution in [0.2, 0.25) is 0 Å². The second-order valence-corrected chi connectivity index (χ2v) is 5.57. The number of nitrogens with zero attached hydrogens (tertiary/aromatic N) is 2. The summed E-state index contributed by atoms with van der Waals surface area (Å²) in [5.41, 5.74) is 2.30. The third-order valence-electron chi connectivity index (χ3n) is 4.01. The van der Waals surface area contributed by atoms with Gasteiger partial charge in [-0.25, -0.2) is 0 Å². The van der Waals surface area contributed by atoms with Gasteiger partial charge in [0.15, 0.2) is 0 Å². The maximum absolute atomic E-state index is 9.55. The number of hydrogen-bond donors (Lipinski definition) is 2. The lowest BCUT2D eigenvalue weighted by molar-refractivity contribution is 0.145. The number of hydrogen-bond acceptors (Lipinski definition) is 4. The largest absolute Gasteiger partial charge is 0.393 e. The summed E-state index contributed by atoms with van der Waals surface area (Å²) in [6, 6.07) is 4.65. The summed E-state index contributed by atoms with van der Waals surface area (Å²) in [4.78, 5) is 6.94. The number of aromatic nitrogens is 1. The van der Waals surface area contributed by atoms with Crippen LogP contribution in [0.4, 0.5) is 5.69 Å². The number of piperidine rings is 1. The zero-order valence-electron chi connectivity index (χ0n) is 12.7. The molecule has 0 bridgehead atoms. The first kappa shape index (κ1) is 15.3. The number of pyridine rings is 1. The van der Waals surface area contributed by atoms with E-state index in [1.54, 1.807) is 0 Å². The Morgan fingerprint density at radius 2 is 2.10 bits per heavy atom. The van der Waals surface area contributed by atoms with Gasteiger partial charge >= 0.3 is 0 Å². The van der Waals surface area contributed by atoms with E-state index in [2.05, 4.69) is 41.2 Å². The third-order valence-corrected chi connectivity index (χ3v) is 4.01. The van der Waals surface area contributed by atoms with Gasteiger partial charge in [-0.1, -0.05) is 13.8 Å². The molecule has 20 heavy (non-hydrogen) atoms. The normalized spacial score (nSPS) is 18.2. The first-order valence-electron chi connectivity index (χ1n) is 7.87. The maximum atomic E-state index is 9.55. The van der Waals surface area contributed by atoms with E-state index in [1.165, 1.54) is 5.69 Å². The van der Waals surface area contributed by atoms with E-state index in [-0.39, 0.29) is 6.10 Å². The number of anilines is 1. The first-order valence-corrected chi connectivity index (χ1v) is 7.87. The van der Waals surface area contributed by atoms with E-state index in [0.717, 1.165) is 51.0 Å². The van der Waals surface area contributed by atoms with Crippen molar-refractivity contribution >= 4 is 5.69 Å². The predicted molar refractivity (Wildman–Crippen MR) is 83.0 cm³/mol. The molecule has 1 saturated heterocycles. The topological polar surface area (TPSA) is 48.4 Å². The van der Waals surface area contributed by atoms with Crippen LogP contribution in [0.1, 0.15) is 51.3 Å². The first-order chi connectivity index (χ1) is 9.74. The van der Waals surface area contributed by atoms with Gasteiger partial charge in [-0.15, -0.1) is 0 Å². The molecule has 4 nitrogen and oxygen atoms in total. The van der Waals surface area contributed by atoms with Gasteiger partial charge < -0.3 is 15.3 Å². The Morgan fingerprint density at radius 3 is 2.65 bits per heavy atom. The number of aliphatic hydroxyl groups is 1. The quantitative estimate of drug-likeness (QED) is 0.839. The zero-order chi connectivity index (χ0) is 14.4. The molecule has 1 fully saturated rings. The minimum Gasteiger partial charge on any atom is -0.393 e. The van der Waals surface area contributed by atoms with Crippen LogP contribution in [0.25, 0.3) is 0 Å². The van der Waals surface area contributed by atoms with Crippen LogP contribution < -0.4 is 10.2 Å². The van der Waals surface area contributed by atoms with Gasteiger partial charge in [0.05, 0.1) is 23.7 Å². The van der Waals surface area contributed by atoms with Crippen molar-refractivity contribution in [1.29, 1.82) is 0 Å². The lowest BCUT2D eigenvalue weighted by Crippen LogP contribution is -2.35. The summed E-state index contributed by atoms with van der Waals surface area (Å²) in [7, 11) is 0. The Morgan fingerprint density at radius 1 is 1.35 bits per heavy atom. The Hall–Kier alpha value is -1.13. The van der Waals surface area contributed by atoms with Crippen molar-refractivity contribution in [3.05, 3.63) is 24.0 Å². The summed E-state index contributed by atoms with van der Waals surface area (Å²) in [6.07, 6.45) is 5.77. The van der Waals surface area contributed by atoms with Crippen LogP contribution in [-0.4, -0.2) is 35.8 Å². The maximum Gasteiger partial charge on any atom is 0.0574 e. The smallest absolute Gasteiger partial charge is 0.0574 e. The Balaban J connectivity index is 1.98. The van der Waals surface area contributed by atoms with Gasteiger partial charge in [-0.2, -0.15) is 0 Å². The van der Waals surface area contributed by atoms with Crippen LogP contribution >= 0.6 is 0 Å². The summed E-state index contributed by atoms with van der Waals surface area (Å²) in [5.74, 6) is 0. The van der Waals surface area contributed by atoms with Crippen molar-refractivity contribution in [1.82, 2.24) is 10.3 Å². The molecule has 2 heterocycles. The Bertz CT molecular complexity index is 361. The van der Waals surface area contributed by atoms with Crippen molar-refractivity contribution in [3.63, 3.8) is 0 Å². The van der Waals surface area contributed by atoms with Crippen molar-refractivity contribution in [2.45, 2.75) is 51.7 Å². The molecule has 1 aliphatic heterocycles. The molecule has 2 rings (SSSR count). The molecule has 1 aromatic heterocycles. The van der Waals surface area contributed by atoms with E-state index in [4.69, 9.17) is 0 Å². The van der Waals surface area contributed by atoms with Crippen LogP contribution in [0.15, 0.2) is 18.3 Å². The minimum absolute atomic E-state index is 0.124. The van der Waals surface area contributed by atoms with Crippen LogP contribution in [0.5, 0.6) is 0 Å². The van der Waals surface area contributed by atoms with Crippen molar-refractivity contribution < 1.29 is 5.11 Å². The molecule has 0 aliphatic carbocycles. The van der Waals surface area contributed by atoms with E-state index in [9.17, 15) is 5.11 Å². The van der Waals surface area contributed by atoms with Gasteiger partial charge in [-0.05, 0) is 44.4 Å². The van der Waals surface area contributed by atoms with E-state index in [1.807, 2.05) is 6.20 Å². The van der Waals surface area contributed by atoms with Gasteiger partial charge in [0, 0.05) is 19.1 Å². The fourth-order valence-corrected chi connectivity index (χ4v) is 2.69. The van der Waals surface area contributed by atoms with Crippen LogP contribution in [0.3, 0.4) is 0 Å². The third kappa shape index (κ3) is 3.93. The molecular formula is C16H27N3O. The zero-order valence-corrected chi connectivity index (χ0v) is 12.7. The van der Waals surface area contributed by atoms with Crippen LogP contribution in [0, 0.1) is 0 Å². The van der Waals surface area contributed by atoms with Crippen molar-refractivity contribution in [2.75, 3.05) is 24.5 Å². The number of nitrogens with one attached hydrogen (secondary N) is 1. The van der Waals surface area contributed by atoms with E-state index >= 15 is 0 Å². The van der Waals surface area contributed by atoms with Gasteiger partial charge in [0.2, 0.25) is 0 Å². The standard InChI is InChI=1S/C16H27N3O/c1-3-9-17-15(4-2)16-6-5-13(12-18-16)19-10-7-14(20)8-11-19/h5-6,12,14-15,17,20H,3-4,7-11H2,1-2H3. The van der Waals surface area contributed by atoms with Gasteiger partial charge in [0.25, 0.3) is 0 Å². The molecule has 0 saturated carbocycles. The predicted octanol–water partition coefficient (Wildman–Crippen LogP) is 2.49. The molecular weight excluding hydrogens is 250 g/mol. The average Bonchev–Trinajstić information content (AvgIpc) is 2.49. The lowest BCUT2D eigenvalue weighted by atomic mass is 10.1. The molecule has 1 unspecified atom stereocenters. The fraction of sp³-hybridized carbons (Fsp3) is 0.688. The van der Waals surface area contributed by atoms with Crippen molar-refractivity contribution in [3.8, 4) is 0 Å².